The van der Waals surface area contributed by atoms with Gasteiger partial charge in [0.1, 0.15) is 11.8 Å². The normalized spacial score (nSPS) is 13.2. The van der Waals surface area contributed by atoms with Crippen LogP contribution >= 0.6 is 0 Å². The summed E-state index contributed by atoms with van der Waals surface area (Å²) in [6.07, 6.45) is 1.58. The third-order valence-corrected chi connectivity index (χ3v) is 2.61. The second-order valence-electron chi connectivity index (χ2n) is 3.81. The number of amides is 1. The summed E-state index contributed by atoms with van der Waals surface area (Å²) in [7, 11) is 0. The van der Waals surface area contributed by atoms with Crippen molar-refractivity contribution in [2.24, 2.45) is 0 Å². The lowest BCUT2D eigenvalue weighted by Gasteiger charge is -2.18. The molecule has 88 valence electrons. The number of hydrogen-bond donors (Lipinski definition) is 2. The third-order valence-electron chi connectivity index (χ3n) is 2.61. The molecule has 0 atom stereocenters. The van der Waals surface area contributed by atoms with Crippen LogP contribution in [-0.2, 0) is 4.79 Å². The number of carbonyl (C=O) groups excluding carboxylic acids is 1. The van der Waals surface area contributed by atoms with E-state index in [1.807, 2.05) is 12.1 Å². The van der Waals surface area contributed by atoms with Crippen molar-refractivity contribution in [2.45, 2.75) is 0 Å². The Labute approximate surface area is 102 Å². The molecule has 6 heteroatoms. The van der Waals surface area contributed by atoms with Crippen LogP contribution in [0.5, 0.6) is 5.75 Å². The first kappa shape index (κ1) is 10.4. The Kier molecular flexibility index (Phi) is 2.24. The first-order chi connectivity index (χ1) is 8.76. The molecule has 2 heterocycles. The number of carbonyl (C=O) groups is 1. The van der Waals surface area contributed by atoms with Gasteiger partial charge < -0.3 is 15.0 Å². The number of aromatic nitrogens is 2. The first-order valence-corrected chi connectivity index (χ1v) is 5.28. The van der Waals surface area contributed by atoms with Crippen molar-refractivity contribution in [3.05, 3.63) is 30.2 Å². The van der Waals surface area contributed by atoms with Gasteiger partial charge >= 0.3 is 0 Å². The van der Waals surface area contributed by atoms with Crippen LogP contribution in [-0.4, -0.2) is 22.5 Å². The zero-order valence-electron chi connectivity index (χ0n) is 9.23. The van der Waals surface area contributed by atoms with Gasteiger partial charge in [0.25, 0.3) is 5.91 Å². The molecule has 2 N–H and O–H groups in total. The van der Waals surface area contributed by atoms with Crippen LogP contribution in [0.25, 0.3) is 11.3 Å². The molecule has 0 bridgehead atoms. The number of nitrogens with one attached hydrogen (secondary N) is 2. The van der Waals surface area contributed by atoms with Gasteiger partial charge in [-0.1, -0.05) is 0 Å². The van der Waals surface area contributed by atoms with Gasteiger partial charge in [-0.2, -0.15) is 5.26 Å². The predicted octanol–water partition coefficient (Wildman–Crippen LogP) is 1.28. The molecule has 0 fully saturated rings. The number of hydrogen-bond acceptors (Lipinski definition) is 4. The Balaban J connectivity index is 2.01. The zero-order valence-corrected chi connectivity index (χ0v) is 9.23. The quantitative estimate of drug-likeness (QED) is 0.785. The number of fused-ring (bicyclic) bond motifs is 1. The first-order valence-electron chi connectivity index (χ1n) is 5.28. The fourth-order valence-corrected chi connectivity index (χ4v) is 1.78. The maximum atomic E-state index is 11.2. The highest BCUT2D eigenvalue weighted by Crippen LogP contribution is 2.31. The Morgan fingerprint density at radius 3 is 3.11 bits per heavy atom. The number of nitriles is 1. The molecular formula is C12H8N4O2. The summed E-state index contributed by atoms with van der Waals surface area (Å²) in [6.45, 7) is 0.0367. The number of benzene rings is 1. The molecule has 3 rings (SSSR count). The Morgan fingerprint density at radius 2 is 2.33 bits per heavy atom. The van der Waals surface area contributed by atoms with E-state index in [9.17, 15) is 4.79 Å². The Hall–Kier alpha value is -2.81. The molecule has 0 aliphatic carbocycles. The summed E-state index contributed by atoms with van der Waals surface area (Å²) in [5.41, 5.74) is 2.17. The van der Waals surface area contributed by atoms with Crippen molar-refractivity contribution in [1.29, 1.82) is 5.26 Å². The highest BCUT2D eigenvalue weighted by atomic mass is 16.5. The van der Waals surface area contributed by atoms with Gasteiger partial charge in [0.05, 0.1) is 17.6 Å². The fraction of sp³-hybridized carbons (Fsp3) is 0.0833. The fourth-order valence-electron chi connectivity index (χ4n) is 1.78. The topological polar surface area (TPSA) is 90.8 Å². The van der Waals surface area contributed by atoms with Crippen LogP contribution in [0.1, 0.15) is 5.82 Å². The zero-order chi connectivity index (χ0) is 12.5. The SMILES string of the molecule is N#Cc1ncc(-c2ccc3c(c2)NC(=O)CO3)[nH]1. The monoisotopic (exact) mass is 240 g/mol. The van der Waals surface area contributed by atoms with Crippen molar-refractivity contribution in [3.63, 3.8) is 0 Å². The van der Waals surface area contributed by atoms with Gasteiger partial charge in [-0.3, -0.25) is 4.79 Å². The summed E-state index contributed by atoms with van der Waals surface area (Å²) in [6, 6.07) is 7.32. The molecule has 0 unspecified atom stereocenters. The number of imidazole rings is 1. The van der Waals surface area contributed by atoms with Crippen LogP contribution in [0.15, 0.2) is 24.4 Å². The minimum atomic E-state index is -0.179. The van der Waals surface area contributed by atoms with Crippen molar-refractivity contribution in [3.8, 4) is 23.1 Å². The van der Waals surface area contributed by atoms with Crippen molar-refractivity contribution in [1.82, 2.24) is 9.97 Å². The van der Waals surface area contributed by atoms with Gasteiger partial charge in [-0.05, 0) is 18.2 Å². The lowest BCUT2D eigenvalue weighted by Crippen LogP contribution is -2.25. The largest absolute Gasteiger partial charge is 0.482 e. The number of nitrogens with zero attached hydrogens (tertiary/aromatic N) is 2. The van der Waals surface area contributed by atoms with E-state index in [2.05, 4.69) is 15.3 Å². The molecule has 1 aromatic heterocycles. The number of rotatable bonds is 1. The molecule has 18 heavy (non-hydrogen) atoms. The average Bonchev–Trinajstić information content (AvgIpc) is 2.86. The third kappa shape index (κ3) is 1.68. The Bertz CT molecular complexity index is 669. The lowest BCUT2D eigenvalue weighted by molar-refractivity contribution is -0.118. The predicted molar refractivity (Wildman–Crippen MR) is 62.9 cm³/mol. The van der Waals surface area contributed by atoms with Gasteiger partial charge in [0.15, 0.2) is 6.61 Å². The molecule has 0 radical (unpaired) electrons. The summed E-state index contributed by atoms with van der Waals surface area (Å²) in [5, 5.41) is 11.4. The summed E-state index contributed by atoms with van der Waals surface area (Å²) < 4.78 is 5.26. The highest BCUT2D eigenvalue weighted by Gasteiger charge is 2.16. The van der Waals surface area contributed by atoms with E-state index in [-0.39, 0.29) is 18.3 Å². The number of ether oxygens (including phenoxy) is 1. The highest BCUT2D eigenvalue weighted by molar-refractivity contribution is 5.96. The van der Waals surface area contributed by atoms with E-state index in [0.717, 1.165) is 5.56 Å². The van der Waals surface area contributed by atoms with E-state index in [1.165, 1.54) is 0 Å². The second kappa shape index (κ2) is 3.89. The van der Waals surface area contributed by atoms with Crippen molar-refractivity contribution < 1.29 is 9.53 Å². The van der Waals surface area contributed by atoms with Gasteiger partial charge in [-0.25, -0.2) is 4.98 Å². The summed E-state index contributed by atoms with van der Waals surface area (Å²) >= 11 is 0. The summed E-state index contributed by atoms with van der Waals surface area (Å²) in [5.74, 6) is 0.711. The van der Waals surface area contributed by atoms with E-state index < -0.39 is 0 Å². The van der Waals surface area contributed by atoms with E-state index in [4.69, 9.17) is 10.00 Å². The molecule has 1 aromatic carbocycles. The molecule has 1 aliphatic heterocycles. The smallest absolute Gasteiger partial charge is 0.262 e. The molecule has 6 nitrogen and oxygen atoms in total. The standard InChI is InChI=1S/C12H8N4O2/c13-4-11-14-5-9(15-11)7-1-2-10-8(3-7)16-12(17)6-18-10/h1-3,5H,6H2,(H,14,15)(H,16,17). The number of aromatic amines is 1. The average molecular weight is 240 g/mol. The van der Waals surface area contributed by atoms with E-state index in [1.54, 1.807) is 18.3 Å². The van der Waals surface area contributed by atoms with Gasteiger partial charge in [0, 0.05) is 5.56 Å². The van der Waals surface area contributed by atoms with Crippen LogP contribution in [0.2, 0.25) is 0 Å². The van der Waals surface area contributed by atoms with Gasteiger partial charge in [0.2, 0.25) is 5.82 Å². The van der Waals surface area contributed by atoms with Crippen LogP contribution in [0.3, 0.4) is 0 Å². The van der Waals surface area contributed by atoms with Crippen LogP contribution in [0, 0.1) is 11.3 Å². The molecule has 2 aromatic rings. The maximum absolute atomic E-state index is 11.2. The minimum Gasteiger partial charge on any atom is -0.482 e. The Morgan fingerprint density at radius 1 is 1.44 bits per heavy atom. The second-order valence-corrected chi connectivity index (χ2v) is 3.81. The molecular weight excluding hydrogens is 232 g/mol. The van der Waals surface area contributed by atoms with Crippen molar-refractivity contribution >= 4 is 11.6 Å². The molecule has 1 aliphatic rings. The minimum absolute atomic E-state index is 0.0367. The lowest BCUT2D eigenvalue weighted by atomic mass is 10.1. The molecule has 0 saturated carbocycles. The van der Waals surface area contributed by atoms with E-state index >= 15 is 0 Å². The number of H-pyrrole nitrogens is 1. The van der Waals surface area contributed by atoms with Crippen molar-refractivity contribution in [2.75, 3.05) is 11.9 Å². The van der Waals surface area contributed by atoms with E-state index in [0.29, 0.717) is 17.1 Å². The molecule has 0 saturated heterocycles. The van der Waals surface area contributed by atoms with Crippen LogP contribution in [0.4, 0.5) is 5.69 Å². The summed E-state index contributed by atoms with van der Waals surface area (Å²) in [4.78, 5) is 18.0. The van der Waals surface area contributed by atoms with Gasteiger partial charge in [-0.15, -0.1) is 0 Å². The number of anilines is 1. The maximum Gasteiger partial charge on any atom is 0.262 e. The molecule has 0 spiro atoms. The van der Waals surface area contributed by atoms with Crippen LogP contribution < -0.4 is 10.1 Å². The molecule has 1 amide bonds.